The molecular weight excluding hydrogens is 266 g/mol. The molecule has 0 unspecified atom stereocenters. The summed E-state index contributed by atoms with van der Waals surface area (Å²) in [6, 6.07) is 1.67. The second-order valence-electron chi connectivity index (χ2n) is 4.86. The number of methoxy groups -OCH3 is 1. The van der Waals surface area contributed by atoms with Crippen LogP contribution < -0.4 is 10.1 Å². The molecule has 2 rings (SSSR count). The zero-order chi connectivity index (χ0) is 13.9. The van der Waals surface area contributed by atoms with E-state index in [1.807, 2.05) is 0 Å². The highest BCUT2D eigenvalue weighted by atomic mass is 32.1. The van der Waals surface area contributed by atoms with Gasteiger partial charge in [0, 0.05) is 11.4 Å². The summed E-state index contributed by atoms with van der Waals surface area (Å²) in [5.74, 6) is -0.434. The number of carboxylic acid groups (broad SMARTS) is 1. The van der Waals surface area contributed by atoms with E-state index in [1.54, 1.807) is 18.6 Å². The van der Waals surface area contributed by atoms with Gasteiger partial charge >= 0.3 is 5.97 Å². The molecule has 0 bridgehead atoms. The Morgan fingerprint density at radius 1 is 1.47 bits per heavy atom. The van der Waals surface area contributed by atoms with E-state index in [-0.39, 0.29) is 12.3 Å². The molecule has 6 heteroatoms. The maximum absolute atomic E-state index is 12.2. The number of hydrogen-bond donors (Lipinski definition) is 2. The fourth-order valence-corrected chi connectivity index (χ4v) is 3.28. The number of thiophene rings is 1. The van der Waals surface area contributed by atoms with Gasteiger partial charge in [-0.3, -0.25) is 9.59 Å². The van der Waals surface area contributed by atoms with Gasteiger partial charge in [-0.2, -0.15) is 0 Å². The fraction of sp³-hybridized carbons (Fsp3) is 0.538. The lowest BCUT2D eigenvalue weighted by molar-refractivity contribution is -0.138. The molecule has 0 aliphatic heterocycles. The van der Waals surface area contributed by atoms with Gasteiger partial charge in [0.05, 0.1) is 23.9 Å². The first kappa shape index (κ1) is 13.9. The predicted octanol–water partition coefficient (Wildman–Crippen LogP) is 2.27. The number of aliphatic carboxylic acids is 1. The SMILES string of the molecule is COc1csc(C(=O)NC2(CC(=O)O)CCCC2)c1. The molecule has 1 heterocycles. The molecule has 0 saturated heterocycles. The van der Waals surface area contributed by atoms with Gasteiger partial charge in [-0.25, -0.2) is 0 Å². The molecule has 1 aromatic heterocycles. The van der Waals surface area contributed by atoms with Crippen LogP contribution in [0.25, 0.3) is 0 Å². The van der Waals surface area contributed by atoms with Crippen molar-refractivity contribution in [1.82, 2.24) is 5.32 Å². The average molecular weight is 283 g/mol. The van der Waals surface area contributed by atoms with E-state index in [4.69, 9.17) is 9.84 Å². The van der Waals surface area contributed by atoms with Crippen LogP contribution in [-0.4, -0.2) is 29.6 Å². The standard InChI is InChI=1S/C13H17NO4S/c1-18-9-6-10(19-8-9)12(17)14-13(7-11(15)16)4-2-3-5-13/h6,8H,2-5,7H2,1H3,(H,14,17)(H,15,16). The lowest BCUT2D eigenvalue weighted by Crippen LogP contribution is -2.47. The van der Waals surface area contributed by atoms with E-state index in [2.05, 4.69) is 5.32 Å². The maximum atomic E-state index is 12.2. The van der Waals surface area contributed by atoms with Crippen molar-refractivity contribution >= 4 is 23.2 Å². The van der Waals surface area contributed by atoms with Gasteiger partial charge in [-0.1, -0.05) is 12.8 Å². The first-order valence-electron chi connectivity index (χ1n) is 6.21. The Kier molecular flexibility index (Phi) is 4.09. The summed E-state index contributed by atoms with van der Waals surface area (Å²) in [4.78, 5) is 23.7. The molecular formula is C13H17NO4S. The van der Waals surface area contributed by atoms with E-state index < -0.39 is 11.5 Å². The Morgan fingerprint density at radius 2 is 2.16 bits per heavy atom. The number of carbonyl (C=O) groups is 2. The monoisotopic (exact) mass is 283 g/mol. The Morgan fingerprint density at radius 3 is 2.68 bits per heavy atom. The number of nitrogens with one attached hydrogen (secondary N) is 1. The summed E-state index contributed by atoms with van der Waals surface area (Å²) >= 11 is 1.30. The van der Waals surface area contributed by atoms with Crippen LogP contribution in [-0.2, 0) is 4.79 Å². The number of amides is 1. The average Bonchev–Trinajstić information content (AvgIpc) is 2.97. The van der Waals surface area contributed by atoms with Crippen molar-refractivity contribution in [1.29, 1.82) is 0 Å². The van der Waals surface area contributed by atoms with Crippen LogP contribution in [0.3, 0.4) is 0 Å². The first-order valence-corrected chi connectivity index (χ1v) is 7.09. The molecule has 0 aromatic carbocycles. The zero-order valence-electron chi connectivity index (χ0n) is 10.8. The molecule has 104 valence electrons. The van der Waals surface area contributed by atoms with Gasteiger partial charge in [0.15, 0.2) is 0 Å². The summed E-state index contributed by atoms with van der Waals surface area (Å²) in [7, 11) is 1.55. The number of rotatable bonds is 5. The maximum Gasteiger partial charge on any atom is 0.305 e. The van der Waals surface area contributed by atoms with E-state index in [9.17, 15) is 9.59 Å². The van der Waals surface area contributed by atoms with E-state index in [1.165, 1.54) is 11.3 Å². The molecule has 1 saturated carbocycles. The molecule has 5 nitrogen and oxygen atoms in total. The molecule has 1 fully saturated rings. The zero-order valence-corrected chi connectivity index (χ0v) is 11.6. The highest BCUT2D eigenvalue weighted by molar-refractivity contribution is 7.12. The molecule has 2 N–H and O–H groups in total. The fourth-order valence-electron chi connectivity index (χ4n) is 2.53. The molecule has 19 heavy (non-hydrogen) atoms. The Labute approximate surface area is 115 Å². The van der Waals surface area contributed by atoms with Crippen molar-refractivity contribution < 1.29 is 19.4 Å². The number of hydrogen-bond acceptors (Lipinski definition) is 4. The lowest BCUT2D eigenvalue weighted by atomic mass is 9.93. The minimum Gasteiger partial charge on any atom is -0.496 e. The van der Waals surface area contributed by atoms with Gasteiger partial charge in [-0.05, 0) is 12.8 Å². The molecule has 1 aliphatic rings. The van der Waals surface area contributed by atoms with Gasteiger partial charge in [0.2, 0.25) is 0 Å². The van der Waals surface area contributed by atoms with Crippen molar-refractivity contribution in [3.63, 3.8) is 0 Å². The Hall–Kier alpha value is -1.56. The molecule has 1 aliphatic carbocycles. The van der Waals surface area contributed by atoms with Gasteiger partial charge in [0.25, 0.3) is 5.91 Å². The third kappa shape index (κ3) is 3.26. The summed E-state index contributed by atoms with van der Waals surface area (Å²) in [6.07, 6.45) is 3.37. The Balaban J connectivity index is 2.08. The van der Waals surface area contributed by atoms with Crippen molar-refractivity contribution in [2.45, 2.75) is 37.6 Å². The van der Waals surface area contributed by atoms with Gasteiger partial charge in [-0.15, -0.1) is 11.3 Å². The number of carboxylic acids is 1. The van der Waals surface area contributed by atoms with Crippen LogP contribution in [0.2, 0.25) is 0 Å². The van der Waals surface area contributed by atoms with E-state index in [0.29, 0.717) is 10.6 Å². The Bertz CT molecular complexity index is 477. The third-order valence-corrected chi connectivity index (χ3v) is 4.37. The highest BCUT2D eigenvalue weighted by Gasteiger charge is 2.37. The summed E-state index contributed by atoms with van der Waals surface area (Å²) < 4.78 is 5.04. The minimum atomic E-state index is -0.869. The minimum absolute atomic E-state index is 0.0126. The summed E-state index contributed by atoms with van der Waals surface area (Å²) in [5.41, 5.74) is -0.583. The normalized spacial score (nSPS) is 17.1. The van der Waals surface area contributed by atoms with Gasteiger partial charge < -0.3 is 15.2 Å². The molecule has 0 spiro atoms. The molecule has 1 aromatic rings. The second-order valence-corrected chi connectivity index (χ2v) is 5.77. The van der Waals surface area contributed by atoms with Crippen LogP contribution in [0, 0.1) is 0 Å². The van der Waals surface area contributed by atoms with Crippen molar-refractivity contribution in [3.8, 4) is 5.75 Å². The van der Waals surface area contributed by atoms with Gasteiger partial charge in [0.1, 0.15) is 5.75 Å². The van der Waals surface area contributed by atoms with E-state index in [0.717, 1.165) is 25.7 Å². The second kappa shape index (κ2) is 5.61. The molecule has 0 radical (unpaired) electrons. The topological polar surface area (TPSA) is 75.6 Å². The smallest absolute Gasteiger partial charge is 0.305 e. The third-order valence-electron chi connectivity index (χ3n) is 3.46. The van der Waals surface area contributed by atoms with Crippen LogP contribution in [0.4, 0.5) is 0 Å². The molecule has 1 amide bonds. The van der Waals surface area contributed by atoms with Crippen molar-refractivity contribution in [2.75, 3.05) is 7.11 Å². The van der Waals surface area contributed by atoms with E-state index >= 15 is 0 Å². The van der Waals surface area contributed by atoms with Crippen molar-refractivity contribution in [3.05, 3.63) is 16.3 Å². The first-order chi connectivity index (χ1) is 9.04. The quantitative estimate of drug-likeness (QED) is 0.869. The predicted molar refractivity (Wildman–Crippen MR) is 71.8 cm³/mol. The van der Waals surface area contributed by atoms with Crippen LogP contribution in [0.15, 0.2) is 11.4 Å². The number of carbonyl (C=O) groups excluding carboxylic acids is 1. The lowest BCUT2D eigenvalue weighted by Gasteiger charge is -2.28. The summed E-state index contributed by atoms with van der Waals surface area (Å²) in [6.45, 7) is 0. The highest BCUT2D eigenvalue weighted by Crippen LogP contribution is 2.33. The van der Waals surface area contributed by atoms with Crippen LogP contribution in [0.1, 0.15) is 41.8 Å². The van der Waals surface area contributed by atoms with Crippen LogP contribution in [0.5, 0.6) is 5.75 Å². The largest absolute Gasteiger partial charge is 0.496 e. The number of ether oxygens (including phenoxy) is 1. The molecule has 0 atom stereocenters. The summed E-state index contributed by atoms with van der Waals surface area (Å²) in [5, 5.41) is 13.7. The van der Waals surface area contributed by atoms with Crippen molar-refractivity contribution in [2.24, 2.45) is 0 Å². The van der Waals surface area contributed by atoms with Crippen LogP contribution >= 0.6 is 11.3 Å².